The van der Waals surface area contributed by atoms with Crippen molar-refractivity contribution in [1.82, 2.24) is 0 Å². The summed E-state index contributed by atoms with van der Waals surface area (Å²) in [4.78, 5) is 13.9. The van der Waals surface area contributed by atoms with E-state index in [1.807, 2.05) is 44.2 Å². The third-order valence-corrected chi connectivity index (χ3v) is 3.41. The first-order chi connectivity index (χ1) is 11.2. The first-order valence-electron chi connectivity index (χ1n) is 7.66. The number of anilines is 2. The lowest BCUT2D eigenvalue weighted by molar-refractivity contribution is -0.127. The summed E-state index contributed by atoms with van der Waals surface area (Å²) in [5, 5.41) is 0. The summed E-state index contributed by atoms with van der Waals surface area (Å²) >= 11 is 0. The highest BCUT2D eigenvalue weighted by Crippen LogP contribution is 2.36. The molecular weight excluding hydrogens is 295 g/mol. The molecule has 1 atom stereocenters. The van der Waals surface area contributed by atoms with Crippen LogP contribution in [-0.4, -0.2) is 18.7 Å². The summed E-state index contributed by atoms with van der Waals surface area (Å²) in [7, 11) is 0. The highest BCUT2D eigenvalue weighted by Gasteiger charge is 2.34. The Labute approximate surface area is 135 Å². The van der Waals surface area contributed by atoms with Gasteiger partial charge in [0.05, 0.1) is 12.2 Å². The van der Waals surface area contributed by atoms with E-state index in [9.17, 15) is 9.18 Å². The van der Waals surface area contributed by atoms with Crippen molar-refractivity contribution in [2.75, 3.05) is 17.3 Å². The number of benzene rings is 2. The van der Waals surface area contributed by atoms with Crippen LogP contribution in [0.2, 0.25) is 0 Å². The number of ether oxygens (including phenoxy) is 1. The van der Waals surface area contributed by atoms with Crippen LogP contribution in [0, 0.1) is 0 Å². The van der Waals surface area contributed by atoms with Crippen molar-refractivity contribution in [3.05, 3.63) is 54.1 Å². The van der Waals surface area contributed by atoms with Gasteiger partial charge in [-0.15, -0.1) is 0 Å². The maximum absolute atomic E-state index is 13.0. The molecule has 0 spiro atoms. The molecule has 1 aliphatic rings. The van der Waals surface area contributed by atoms with Crippen LogP contribution in [0.5, 0.6) is 5.75 Å². The lowest BCUT2D eigenvalue weighted by Crippen LogP contribution is -2.46. The lowest BCUT2D eigenvalue weighted by atomic mass is 10.1. The summed E-state index contributed by atoms with van der Waals surface area (Å²) < 4.78 is 18.4. The molecule has 2 aromatic carbocycles. The van der Waals surface area contributed by atoms with Crippen LogP contribution in [0.3, 0.4) is 0 Å². The predicted molar refractivity (Wildman–Crippen MR) is 90.2 cm³/mol. The first kappa shape index (κ1) is 16.8. The Morgan fingerprint density at radius 1 is 1.17 bits per heavy atom. The molecule has 0 bridgehead atoms. The molecule has 23 heavy (non-hydrogen) atoms. The van der Waals surface area contributed by atoms with Crippen LogP contribution < -0.4 is 15.4 Å². The number of fused-ring (bicyclic) bond motifs is 1. The van der Waals surface area contributed by atoms with Crippen molar-refractivity contribution >= 4 is 17.3 Å². The molecule has 122 valence electrons. The second kappa shape index (κ2) is 7.63. The van der Waals surface area contributed by atoms with E-state index in [0.29, 0.717) is 23.7 Å². The van der Waals surface area contributed by atoms with E-state index in [-0.39, 0.29) is 5.91 Å². The maximum Gasteiger partial charge on any atom is 0.271 e. The van der Waals surface area contributed by atoms with Gasteiger partial charge in [-0.2, -0.15) is 0 Å². The molecule has 1 aliphatic heterocycles. The minimum atomic E-state index is -1.11. The van der Waals surface area contributed by atoms with Crippen molar-refractivity contribution in [3.8, 4) is 5.75 Å². The van der Waals surface area contributed by atoms with Crippen LogP contribution in [0.25, 0.3) is 0 Å². The number of hydrogen-bond acceptors (Lipinski definition) is 3. The zero-order valence-corrected chi connectivity index (χ0v) is 13.3. The summed E-state index contributed by atoms with van der Waals surface area (Å²) in [6, 6.07) is 14.6. The van der Waals surface area contributed by atoms with Crippen molar-refractivity contribution in [3.63, 3.8) is 0 Å². The molecule has 3 rings (SSSR count). The van der Waals surface area contributed by atoms with E-state index in [4.69, 9.17) is 10.5 Å². The average molecular weight is 316 g/mol. The van der Waals surface area contributed by atoms with Crippen LogP contribution in [0.4, 0.5) is 15.8 Å². The van der Waals surface area contributed by atoms with Gasteiger partial charge in [0.25, 0.3) is 5.91 Å². The van der Waals surface area contributed by atoms with Gasteiger partial charge < -0.3 is 15.4 Å². The van der Waals surface area contributed by atoms with Crippen LogP contribution in [0.1, 0.15) is 19.4 Å². The number of carbonyl (C=O) groups is 1. The van der Waals surface area contributed by atoms with Gasteiger partial charge >= 0.3 is 0 Å². The van der Waals surface area contributed by atoms with Gasteiger partial charge in [0, 0.05) is 11.8 Å². The lowest BCUT2D eigenvalue weighted by Gasteiger charge is -2.33. The first-order valence-corrected chi connectivity index (χ1v) is 7.66. The fraction of sp³-hybridized carbons (Fsp3) is 0.278. The number of halogens is 1. The molecule has 0 fully saturated rings. The Bertz CT molecular complexity index is 661. The van der Waals surface area contributed by atoms with E-state index in [1.165, 1.54) is 4.90 Å². The van der Waals surface area contributed by atoms with Crippen LogP contribution >= 0.6 is 0 Å². The van der Waals surface area contributed by atoms with Gasteiger partial charge in [0.1, 0.15) is 12.4 Å². The van der Waals surface area contributed by atoms with E-state index in [0.717, 1.165) is 5.56 Å². The Balaban J connectivity index is 0.000000924. The summed E-state index contributed by atoms with van der Waals surface area (Å²) in [5.41, 5.74) is 7.82. The van der Waals surface area contributed by atoms with Gasteiger partial charge in [-0.1, -0.05) is 44.2 Å². The Hall–Kier alpha value is -2.56. The third-order valence-electron chi connectivity index (χ3n) is 3.41. The summed E-state index contributed by atoms with van der Waals surface area (Å²) in [6.45, 7) is 3.51. The largest absolute Gasteiger partial charge is 0.476 e. The highest BCUT2D eigenvalue weighted by molar-refractivity contribution is 6.00. The van der Waals surface area contributed by atoms with Crippen molar-refractivity contribution in [2.45, 2.75) is 26.5 Å². The second-order valence-electron chi connectivity index (χ2n) is 4.90. The van der Waals surface area contributed by atoms with Gasteiger partial charge in [-0.3, -0.25) is 4.79 Å². The molecule has 1 unspecified atom stereocenters. The standard InChI is InChI=1S/C16H15FN2O2.C2H6/c17-9-15-16(20)19(10-11-4-2-1-3-5-11)13-7-6-12(18)8-14(13)21-15;1-2/h1-8,15H,9-10,18H2;1-2H3. The third kappa shape index (κ3) is 3.62. The maximum atomic E-state index is 13.0. The van der Waals surface area contributed by atoms with Gasteiger partial charge in [-0.25, -0.2) is 4.39 Å². The quantitative estimate of drug-likeness (QED) is 0.881. The predicted octanol–water partition coefficient (Wildman–Crippen LogP) is 3.56. The normalized spacial score (nSPS) is 16.0. The molecule has 0 radical (unpaired) electrons. The highest BCUT2D eigenvalue weighted by atomic mass is 19.1. The van der Waals surface area contributed by atoms with E-state index >= 15 is 0 Å². The zero-order chi connectivity index (χ0) is 16.8. The summed E-state index contributed by atoms with van der Waals surface area (Å²) in [5.74, 6) is 0.0619. The van der Waals surface area contributed by atoms with Crippen molar-refractivity contribution in [2.24, 2.45) is 0 Å². The average Bonchev–Trinajstić information content (AvgIpc) is 2.59. The fourth-order valence-electron chi connectivity index (χ4n) is 2.37. The molecule has 0 saturated carbocycles. The molecule has 0 saturated heterocycles. The van der Waals surface area contributed by atoms with Gasteiger partial charge in [-0.05, 0) is 17.7 Å². The number of nitrogens with two attached hydrogens (primary N) is 1. The molecule has 0 aliphatic carbocycles. The molecule has 5 heteroatoms. The zero-order valence-electron chi connectivity index (χ0n) is 13.3. The number of nitrogens with zero attached hydrogens (tertiary/aromatic N) is 1. The fourth-order valence-corrected chi connectivity index (χ4v) is 2.37. The number of amides is 1. The Morgan fingerprint density at radius 3 is 2.52 bits per heavy atom. The van der Waals surface area contributed by atoms with Crippen molar-refractivity contribution < 1.29 is 13.9 Å². The van der Waals surface area contributed by atoms with E-state index < -0.39 is 12.8 Å². The Morgan fingerprint density at radius 2 is 1.87 bits per heavy atom. The SMILES string of the molecule is CC.Nc1ccc2c(c1)OC(CF)C(=O)N2Cc1ccccc1. The van der Waals surface area contributed by atoms with E-state index in [1.54, 1.807) is 18.2 Å². The molecule has 2 N–H and O–H groups in total. The van der Waals surface area contributed by atoms with Gasteiger partial charge in [0.15, 0.2) is 0 Å². The molecular formula is C18H21FN2O2. The topological polar surface area (TPSA) is 55.6 Å². The molecule has 4 nitrogen and oxygen atoms in total. The molecule has 0 aromatic heterocycles. The van der Waals surface area contributed by atoms with Gasteiger partial charge in [0.2, 0.25) is 6.10 Å². The number of alkyl halides is 1. The van der Waals surface area contributed by atoms with E-state index in [2.05, 4.69) is 0 Å². The van der Waals surface area contributed by atoms with Crippen LogP contribution in [-0.2, 0) is 11.3 Å². The molecule has 1 amide bonds. The minimum Gasteiger partial charge on any atom is -0.476 e. The van der Waals surface area contributed by atoms with Crippen molar-refractivity contribution in [1.29, 1.82) is 0 Å². The number of hydrogen-bond donors (Lipinski definition) is 1. The van der Waals surface area contributed by atoms with Crippen LogP contribution in [0.15, 0.2) is 48.5 Å². The number of rotatable bonds is 3. The summed E-state index contributed by atoms with van der Waals surface area (Å²) in [6.07, 6.45) is -1.11. The molecule has 1 heterocycles. The Kier molecular flexibility index (Phi) is 5.57. The number of nitrogen functional groups attached to an aromatic ring is 1. The molecule has 2 aromatic rings. The minimum absolute atomic E-state index is 0.371. The number of carbonyl (C=O) groups excluding carboxylic acids is 1. The smallest absolute Gasteiger partial charge is 0.271 e. The second-order valence-corrected chi connectivity index (χ2v) is 4.90. The monoisotopic (exact) mass is 316 g/mol.